The lowest BCUT2D eigenvalue weighted by atomic mass is 10.0. The fourth-order valence-electron chi connectivity index (χ4n) is 2.76. The summed E-state index contributed by atoms with van der Waals surface area (Å²) in [4.78, 5) is 26.7. The Morgan fingerprint density at radius 1 is 1.28 bits per heavy atom. The van der Waals surface area contributed by atoms with Crippen LogP contribution in [0.15, 0.2) is 41.8 Å². The molecule has 2 rings (SSSR count). The van der Waals surface area contributed by atoms with Gasteiger partial charge in [0.05, 0.1) is 18.5 Å². The molecule has 1 aromatic carbocycles. The van der Waals surface area contributed by atoms with Crippen LogP contribution in [-0.4, -0.2) is 23.4 Å². The van der Waals surface area contributed by atoms with Gasteiger partial charge in [0.15, 0.2) is 0 Å². The molecule has 2 atom stereocenters. The zero-order valence-corrected chi connectivity index (χ0v) is 15.1. The third kappa shape index (κ3) is 5.03. The quantitative estimate of drug-likeness (QED) is 0.789. The Morgan fingerprint density at radius 2 is 1.96 bits per heavy atom. The minimum absolute atomic E-state index is 0.105. The molecule has 1 heterocycles. The van der Waals surface area contributed by atoms with Crippen LogP contribution in [0.2, 0.25) is 0 Å². The van der Waals surface area contributed by atoms with E-state index in [9.17, 15) is 14.0 Å². The van der Waals surface area contributed by atoms with Crippen molar-refractivity contribution >= 4 is 23.3 Å². The lowest BCUT2D eigenvalue weighted by Gasteiger charge is -2.30. The first-order chi connectivity index (χ1) is 11.9. The average Bonchev–Trinajstić information content (AvgIpc) is 3.09. The molecular weight excluding hydrogens is 341 g/mol. The van der Waals surface area contributed by atoms with Crippen molar-refractivity contribution < 1.29 is 14.0 Å². The summed E-state index contributed by atoms with van der Waals surface area (Å²) in [6.45, 7) is 4.29. The molecule has 5 nitrogen and oxygen atoms in total. The highest BCUT2D eigenvalue weighted by Gasteiger charge is 2.25. The number of benzene rings is 1. The highest BCUT2D eigenvalue weighted by Crippen LogP contribution is 2.26. The van der Waals surface area contributed by atoms with Crippen LogP contribution < -0.4 is 11.1 Å². The van der Waals surface area contributed by atoms with Gasteiger partial charge >= 0.3 is 6.03 Å². The van der Waals surface area contributed by atoms with Crippen molar-refractivity contribution in [3.63, 3.8) is 0 Å². The molecule has 0 fully saturated rings. The van der Waals surface area contributed by atoms with Gasteiger partial charge in [0.25, 0.3) is 0 Å². The number of urea groups is 1. The maximum Gasteiger partial charge on any atom is 0.312 e. The summed E-state index contributed by atoms with van der Waals surface area (Å²) in [5.74, 6) is -0.416. The highest BCUT2D eigenvalue weighted by molar-refractivity contribution is 7.10. The number of hydrogen-bond acceptors (Lipinski definition) is 3. The molecule has 0 aliphatic carbocycles. The Balaban J connectivity index is 2.14. The minimum Gasteiger partial charge on any atom is -0.352 e. The monoisotopic (exact) mass is 363 g/mol. The third-order valence-electron chi connectivity index (χ3n) is 4.06. The summed E-state index contributed by atoms with van der Waals surface area (Å²) >= 11 is 1.46. The molecule has 2 aromatic rings. The van der Waals surface area contributed by atoms with Crippen molar-refractivity contribution in [1.82, 2.24) is 10.2 Å². The van der Waals surface area contributed by atoms with Gasteiger partial charge in [-0.05, 0) is 43.0 Å². The van der Waals surface area contributed by atoms with E-state index in [2.05, 4.69) is 5.32 Å². The number of nitrogens with two attached hydrogens (primary N) is 1. The van der Waals surface area contributed by atoms with E-state index >= 15 is 0 Å². The van der Waals surface area contributed by atoms with E-state index in [0.29, 0.717) is 6.54 Å². The summed E-state index contributed by atoms with van der Waals surface area (Å²) in [6.07, 6.45) is 0.114. The highest BCUT2D eigenvalue weighted by atomic mass is 32.1. The SMILES string of the molecule is CCN(C(=O)CC(NC(N)=O)c1cccs1)C(C)c1ccc(F)cc1. The number of amides is 3. The van der Waals surface area contributed by atoms with Crippen LogP contribution in [-0.2, 0) is 4.79 Å². The van der Waals surface area contributed by atoms with E-state index in [4.69, 9.17) is 5.73 Å². The van der Waals surface area contributed by atoms with Gasteiger partial charge in [0.1, 0.15) is 5.82 Å². The van der Waals surface area contributed by atoms with Crippen molar-refractivity contribution in [1.29, 1.82) is 0 Å². The fourth-order valence-corrected chi connectivity index (χ4v) is 3.54. The fraction of sp³-hybridized carbons (Fsp3) is 0.333. The van der Waals surface area contributed by atoms with Gasteiger partial charge in [-0.15, -0.1) is 11.3 Å². The Bertz CT molecular complexity index is 704. The van der Waals surface area contributed by atoms with Crippen LogP contribution in [0.5, 0.6) is 0 Å². The molecule has 0 spiro atoms. The molecule has 0 saturated carbocycles. The lowest BCUT2D eigenvalue weighted by molar-refractivity contribution is -0.133. The molecule has 0 aliphatic heterocycles. The van der Waals surface area contributed by atoms with Crippen LogP contribution in [0, 0.1) is 5.82 Å². The second kappa shape index (κ2) is 8.62. The first-order valence-corrected chi connectivity index (χ1v) is 8.94. The zero-order chi connectivity index (χ0) is 18.4. The molecule has 2 unspecified atom stereocenters. The van der Waals surface area contributed by atoms with Crippen LogP contribution in [0.1, 0.15) is 42.8 Å². The number of carbonyl (C=O) groups excluding carboxylic acids is 2. The van der Waals surface area contributed by atoms with Gasteiger partial charge in [-0.25, -0.2) is 9.18 Å². The minimum atomic E-state index is -0.666. The molecule has 3 amide bonds. The van der Waals surface area contributed by atoms with E-state index in [-0.39, 0.29) is 24.2 Å². The molecule has 25 heavy (non-hydrogen) atoms. The average molecular weight is 363 g/mol. The van der Waals surface area contributed by atoms with Crippen LogP contribution in [0.25, 0.3) is 0 Å². The standard InChI is InChI=1S/C18H22FN3O2S/c1-3-22(12(2)13-6-8-14(19)9-7-13)17(23)11-15(21-18(20)24)16-5-4-10-25-16/h4-10,12,15H,3,11H2,1-2H3,(H3,20,21,24). The summed E-state index contributed by atoms with van der Waals surface area (Å²) in [5, 5.41) is 4.51. The summed E-state index contributed by atoms with van der Waals surface area (Å²) in [6, 6.07) is 8.51. The second-order valence-corrected chi connectivity index (χ2v) is 6.67. The van der Waals surface area contributed by atoms with Gasteiger partial charge in [0.2, 0.25) is 5.91 Å². The molecule has 0 saturated heterocycles. The number of nitrogens with one attached hydrogen (secondary N) is 1. The van der Waals surface area contributed by atoms with E-state index in [1.165, 1.54) is 23.5 Å². The molecule has 0 radical (unpaired) electrons. The van der Waals surface area contributed by atoms with Gasteiger partial charge in [-0.1, -0.05) is 18.2 Å². The molecule has 134 valence electrons. The number of thiophene rings is 1. The Kier molecular flexibility index (Phi) is 6.52. The molecule has 3 N–H and O–H groups in total. The molecule has 1 aromatic heterocycles. The van der Waals surface area contributed by atoms with Crippen LogP contribution >= 0.6 is 11.3 Å². The first kappa shape index (κ1) is 18.9. The maximum atomic E-state index is 13.1. The summed E-state index contributed by atoms with van der Waals surface area (Å²) in [7, 11) is 0. The van der Waals surface area contributed by atoms with Crippen molar-refractivity contribution in [3.05, 3.63) is 58.0 Å². The number of hydrogen-bond donors (Lipinski definition) is 2. The Morgan fingerprint density at radius 3 is 2.48 bits per heavy atom. The van der Waals surface area contributed by atoms with Gasteiger partial charge in [-0.3, -0.25) is 4.79 Å². The van der Waals surface area contributed by atoms with Crippen LogP contribution in [0.3, 0.4) is 0 Å². The topological polar surface area (TPSA) is 75.4 Å². The smallest absolute Gasteiger partial charge is 0.312 e. The van der Waals surface area contributed by atoms with Crippen LogP contribution in [0.4, 0.5) is 9.18 Å². The normalized spacial score (nSPS) is 13.1. The largest absolute Gasteiger partial charge is 0.352 e. The molecule has 7 heteroatoms. The third-order valence-corrected chi connectivity index (χ3v) is 5.05. The predicted molar refractivity (Wildman–Crippen MR) is 96.6 cm³/mol. The van der Waals surface area contributed by atoms with Crippen molar-refractivity contribution in [2.24, 2.45) is 5.73 Å². The lowest BCUT2D eigenvalue weighted by Crippen LogP contribution is -2.39. The van der Waals surface area contributed by atoms with Gasteiger partial charge in [-0.2, -0.15) is 0 Å². The van der Waals surface area contributed by atoms with Gasteiger partial charge < -0.3 is 16.0 Å². The number of nitrogens with zero attached hydrogens (tertiary/aromatic N) is 1. The Labute approximate surface area is 150 Å². The van der Waals surface area contributed by atoms with Crippen molar-refractivity contribution in [2.45, 2.75) is 32.4 Å². The zero-order valence-electron chi connectivity index (χ0n) is 14.2. The van der Waals surface area contributed by atoms with E-state index in [1.807, 2.05) is 31.4 Å². The maximum absolute atomic E-state index is 13.1. The van der Waals surface area contributed by atoms with E-state index in [0.717, 1.165) is 10.4 Å². The second-order valence-electron chi connectivity index (χ2n) is 5.69. The molecule has 0 aliphatic rings. The molecular formula is C18H22FN3O2S. The number of halogens is 1. The summed E-state index contributed by atoms with van der Waals surface area (Å²) in [5.41, 5.74) is 6.10. The number of rotatable bonds is 7. The predicted octanol–water partition coefficient (Wildman–Crippen LogP) is 3.60. The number of primary amides is 1. The van der Waals surface area contributed by atoms with E-state index < -0.39 is 12.1 Å². The van der Waals surface area contributed by atoms with Crippen molar-refractivity contribution in [2.75, 3.05) is 6.54 Å². The summed E-state index contributed by atoms with van der Waals surface area (Å²) < 4.78 is 13.1. The van der Waals surface area contributed by atoms with E-state index in [1.54, 1.807) is 17.0 Å². The molecule has 0 bridgehead atoms. The Hall–Kier alpha value is -2.41. The first-order valence-electron chi connectivity index (χ1n) is 8.06. The van der Waals surface area contributed by atoms with Crippen molar-refractivity contribution in [3.8, 4) is 0 Å². The van der Waals surface area contributed by atoms with Gasteiger partial charge in [0, 0.05) is 11.4 Å². The number of carbonyl (C=O) groups is 2.